The van der Waals surface area contributed by atoms with E-state index in [9.17, 15) is 4.79 Å². The van der Waals surface area contributed by atoms with E-state index in [0.717, 1.165) is 45.0 Å². The highest BCUT2D eigenvalue weighted by molar-refractivity contribution is 5.75. The van der Waals surface area contributed by atoms with Crippen LogP contribution in [0, 0.1) is 29.1 Å². The molecule has 1 spiro atoms. The molecule has 4 nitrogen and oxygen atoms in total. The number of carbonyl (C=O) groups excluding carboxylic acids is 1. The minimum absolute atomic E-state index is 0.0848. The molecule has 3 aliphatic heterocycles. The van der Waals surface area contributed by atoms with E-state index in [2.05, 4.69) is 18.7 Å². The third kappa shape index (κ3) is 2.66. The van der Waals surface area contributed by atoms with Gasteiger partial charge in [-0.1, -0.05) is 13.8 Å². The highest BCUT2D eigenvalue weighted by Crippen LogP contribution is 2.62. The van der Waals surface area contributed by atoms with Crippen molar-refractivity contribution in [1.29, 1.82) is 0 Å². The molecule has 5 aliphatic rings. The molecule has 25 heavy (non-hydrogen) atoms. The zero-order valence-corrected chi connectivity index (χ0v) is 15.8. The van der Waals surface area contributed by atoms with Crippen molar-refractivity contribution in [2.45, 2.75) is 70.5 Å². The zero-order valence-electron chi connectivity index (χ0n) is 15.8. The molecule has 3 saturated heterocycles. The Morgan fingerprint density at radius 3 is 2.72 bits per heavy atom. The van der Waals surface area contributed by atoms with Gasteiger partial charge in [0.15, 0.2) is 0 Å². The van der Waals surface area contributed by atoms with Gasteiger partial charge in [-0.2, -0.15) is 0 Å². The molecule has 2 saturated carbocycles. The maximum atomic E-state index is 12.7. The standard InChI is InChI=1S/C21H33NO3/c1-14-4-8-22(9-5-14)12-16-15-10-18-20(2,11-17(15)25-19(16)23)6-3-7-21(18)13-24-21/h14-18H,3-13H2,1-2H3/t15-,16-,17-,18+,20-,21+/m1/s1. The number of esters is 1. The first-order chi connectivity index (χ1) is 12.0. The molecule has 0 aromatic heterocycles. The molecular formula is C21H33NO3. The van der Waals surface area contributed by atoms with Gasteiger partial charge in [0, 0.05) is 12.5 Å². The van der Waals surface area contributed by atoms with Crippen LogP contribution in [0.4, 0.5) is 0 Å². The minimum atomic E-state index is 0.0848. The summed E-state index contributed by atoms with van der Waals surface area (Å²) in [5.41, 5.74) is 0.473. The molecule has 0 unspecified atom stereocenters. The van der Waals surface area contributed by atoms with Crippen LogP contribution in [-0.2, 0) is 14.3 Å². The number of piperidine rings is 1. The van der Waals surface area contributed by atoms with Gasteiger partial charge < -0.3 is 14.4 Å². The summed E-state index contributed by atoms with van der Waals surface area (Å²) >= 11 is 0. The fourth-order valence-electron chi connectivity index (χ4n) is 6.69. The first-order valence-corrected chi connectivity index (χ1v) is 10.6. The highest BCUT2D eigenvalue weighted by atomic mass is 16.6. The monoisotopic (exact) mass is 347 g/mol. The summed E-state index contributed by atoms with van der Waals surface area (Å²) in [4.78, 5) is 15.2. The van der Waals surface area contributed by atoms with Gasteiger partial charge in [0.05, 0.1) is 18.1 Å². The van der Waals surface area contributed by atoms with Crippen molar-refractivity contribution in [2.24, 2.45) is 29.1 Å². The van der Waals surface area contributed by atoms with Crippen molar-refractivity contribution in [3.05, 3.63) is 0 Å². The quantitative estimate of drug-likeness (QED) is 0.568. The van der Waals surface area contributed by atoms with Crippen molar-refractivity contribution < 1.29 is 14.3 Å². The second-order valence-electron chi connectivity index (χ2n) is 10.1. The number of rotatable bonds is 2. The molecular weight excluding hydrogens is 314 g/mol. The SMILES string of the molecule is CC1CCN(C[C@H]2C(=O)O[C@@H]3C[C@@]4(C)CCC[C@]5(CO5)[C@H]4C[C@@H]32)CC1. The minimum Gasteiger partial charge on any atom is -0.462 e. The number of hydrogen-bond acceptors (Lipinski definition) is 4. The Balaban J connectivity index is 1.33. The molecule has 0 radical (unpaired) electrons. The van der Waals surface area contributed by atoms with Crippen molar-refractivity contribution >= 4 is 5.97 Å². The van der Waals surface area contributed by atoms with Gasteiger partial charge in [-0.05, 0) is 75.3 Å². The van der Waals surface area contributed by atoms with Gasteiger partial charge in [-0.15, -0.1) is 0 Å². The van der Waals surface area contributed by atoms with Crippen LogP contribution >= 0.6 is 0 Å². The van der Waals surface area contributed by atoms with Gasteiger partial charge in [0.2, 0.25) is 0 Å². The van der Waals surface area contributed by atoms with Crippen LogP contribution in [0.2, 0.25) is 0 Å². The Kier molecular flexibility index (Phi) is 3.77. The fraction of sp³-hybridized carbons (Fsp3) is 0.952. The summed E-state index contributed by atoms with van der Waals surface area (Å²) in [5.74, 6) is 2.07. The molecule has 5 fully saturated rings. The van der Waals surface area contributed by atoms with E-state index in [1.807, 2.05) is 0 Å². The molecule has 140 valence electrons. The van der Waals surface area contributed by atoms with E-state index in [4.69, 9.17) is 9.47 Å². The number of carbonyl (C=O) groups is 1. The first-order valence-electron chi connectivity index (χ1n) is 10.6. The molecule has 0 amide bonds. The van der Waals surface area contributed by atoms with E-state index in [1.54, 1.807) is 0 Å². The van der Waals surface area contributed by atoms with Crippen LogP contribution < -0.4 is 0 Å². The van der Waals surface area contributed by atoms with E-state index in [0.29, 0.717) is 17.3 Å². The molecule has 0 aromatic carbocycles. The Labute approximate surface area is 151 Å². The molecule has 0 aromatic rings. The number of epoxide rings is 1. The average Bonchev–Trinajstić information content (AvgIpc) is 3.28. The van der Waals surface area contributed by atoms with Gasteiger partial charge in [0.25, 0.3) is 0 Å². The van der Waals surface area contributed by atoms with Gasteiger partial charge in [-0.3, -0.25) is 4.79 Å². The summed E-state index contributed by atoms with van der Waals surface area (Å²) < 4.78 is 11.9. The Morgan fingerprint density at radius 1 is 1.24 bits per heavy atom. The third-order valence-corrected chi connectivity index (χ3v) is 8.41. The van der Waals surface area contributed by atoms with Crippen LogP contribution in [0.5, 0.6) is 0 Å². The van der Waals surface area contributed by atoms with Crippen LogP contribution in [0.25, 0.3) is 0 Å². The Hall–Kier alpha value is -0.610. The van der Waals surface area contributed by atoms with Crippen molar-refractivity contribution in [1.82, 2.24) is 4.90 Å². The number of fused-ring (bicyclic) bond motifs is 3. The topological polar surface area (TPSA) is 42.1 Å². The largest absolute Gasteiger partial charge is 0.462 e. The summed E-state index contributed by atoms with van der Waals surface area (Å²) in [6.07, 6.45) is 8.69. The van der Waals surface area contributed by atoms with Crippen LogP contribution in [0.1, 0.15) is 58.8 Å². The maximum Gasteiger partial charge on any atom is 0.310 e. The third-order valence-electron chi connectivity index (χ3n) is 8.41. The molecule has 5 rings (SSSR count). The highest BCUT2D eigenvalue weighted by Gasteiger charge is 2.65. The average molecular weight is 347 g/mol. The van der Waals surface area contributed by atoms with Crippen LogP contribution in [0.3, 0.4) is 0 Å². The number of ether oxygens (including phenoxy) is 2. The maximum absolute atomic E-state index is 12.7. The lowest BCUT2D eigenvalue weighted by molar-refractivity contribution is -0.147. The summed E-state index contributed by atoms with van der Waals surface area (Å²) in [5, 5.41) is 0. The molecule has 6 atom stereocenters. The summed E-state index contributed by atoms with van der Waals surface area (Å²) in [7, 11) is 0. The van der Waals surface area contributed by atoms with Crippen molar-refractivity contribution in [3.63, 3.8) is 0 Å². The number of likely N-dealkylation sites (tertiary alicyclic amines) is 1. The Bertz CT molecular complexity index is 551. The second-order valence-corrected chi connectivity index (χ2v) is 10.1. The predicted molar refractivity (Wildman–Crippen MR) is 95.1 cm³/mol. The van der Waals surface area contributed by atoms with Crippen LogP contribution in [-0.4, -0.2) is 48.8 Å². The lowest BCUT2D eigenvalue weighted by atomic mass is 9.53. The molecule has 4 heteroatoms. The van der Waals surface area contributed by atoms with Gasteiger partial charge >= 0.3 is 5.97 Å². The lowest BCUT2D eigenvalue weighted by Crippen LogP contribution is -2.51. The predicted octanol–water partition coefficient (Wildman–Crippen LogP) is 3.25. The fourth-order valence-corrected chi connectivity index (χ4v) is 6.69. The smallest absolute Gasteiger partial charge is 0.310 e. The molecule has 0 N–H and O–H groups in total. The van der Waals surface area contributed by atoms with Crippen molar-refractivity contribution in [2.75, 3.05) is 26.2 Å². The van der Waals surface area contributed by atoms with Crippen molar-refractivity contribution in [3.8, 4) is 0 Å². The zero-order chi connectivity index (χ0) is 17.2. The second kappa shape index (κ2) is 5.69. The first kappa shape index (κ1) is 16.6. The summed E-state index contributed by atoms with van der Waals surface area (Å²) in [6, 6.07) is 0. The lowest BCUT2D eigenvalue weighted by Gasteiger charge is -2.51. The van der Waals surface area contributed by atoms with Gasteiger partial charge in [-0.25, -0.2) is 0 Å². The molecule has 3 heterocycles. The van der Waals surface area contributed by atoms with E-state index >= 15 is 0 Å². The van der Waals surface area contributed by atoms with E-state index in [1.165, 1.54) is 32.1 Å². The van der Waals surface area contributed by atoms with E-state index < -0.39 is 0 Å². The number of hydrogen-bond donors (Lipinski definition) is 0. The van der Waals surface area contributed by atoms with E-state index in [-0.39, 0.29) is 23.6 Å². The number of nitrogens with zero attached hydrogens (tertiary/aromatic N) is 1. The molecule has 2 aliphatic carbocycles. The van der Waals surface area contributed by atoms with Crippen LogP contribution in [0.15, 0.2) is 0 Å². The summed E-state index contributed by atoms with van der Waals surface area (Å²) in [6.45, 7) is 8.95. The normalized spacial score (nSPS) is 50.4. The molecule has 0 bridgehead atoms. The Morgan fingerprint density at radius 2 is 2.00 bits per heavy atom. The van der Waals surface area contributed by atoms with Gasteiger partial charge in [0.1, 0.15) is 6.10 Å².